The molecule has 14 rings (SSSR count). The van der Waals surface area contributed by atoms with Gasteiger partial charge in [0.2, 0.25) is 0 Å². The van der Waals surface area contributed by atoms with Crippen molar-refractivity contribution in [1.29, 1.82) is 0 Å². The van der Waals surface area contributed by atoms with Crippen LogP contribution in [0.25, 0.3) is 0 Å². The molecule has 2 saturated heterocycles. The van der Waals surface area contributed by atoms with Crippen LogP contribution in [0, 0.1) is 87.8 Å². The summed E-state index contributed by atoms with van der Waals surface area (Å²) in [5.41, 5.74) is 1.40. The highest BCUT2D eigenvalue weighted by atomic mass is 16.5. The van der Waals surface area contributed by atoms with Crippen LogP contribution >= 0.6 is 0 Å². The molecule has 0 aromatic carbocycles. The fraction of sp³-hybridized carbons (Fsp3) is 0.800. The third kappa shape index (κ3) is 10.6. The maximum atomic E-state index is 5.77. The summed E-state index contributed by atoms with van der Waals surface area (Å²) in [6.45, 7) is 20.9. The number of fused-ring (bicyclic) bond motifs is 12. The molecule has 0 aromatic heterocycles. The monoisotopic (exact) mass is 849 g/mol. The number of hydrogen-bond acceptors (Lipinski definition) is 2. The SMILES string of the molecule is CCC1(CC)CC2C=CC1C2.CCC1(CC)CC2C=CC1CC2.CCC1C2C=CC(O2)C1CC.CCC1CC2C=CC1C2.CCC1CC2C=CC1CC2.CCC1CC2C=CC1O2. The summed E-state index contributed by atoms with van der Waals surface area (Å²) in [6, 6.07) is 0. The number of ether oxygens (including phenoxy) is 2. The predicted octanol–water partition coefficient (Wildman–Crippen LogP) is 16.9. The molecule has 4 aliphatic heterocycles. The summed E-state index contributed by atoms with van der Waals surface area (Å²) < 4.78 is 11.3. The van der Waals surface area contributed by atoms with Gasteiger partial charge in [-0.1, -0.05) is 167 Å². The van der Waals surface area contributed by atoms with Gasteiger partial charge in [-0.3, -0.25) is 0 Å². The van der Waals surface area contributed by atoms with E-state index in [0.717, 1.165) is 76.9 Å². The standard InChI is InChI=1S/C12H20.C11H18.C10H16O.C10H16.C9H14.C8H12O/c1-3-12(4-2)9-10-5-7-11(12)8-6-10;1-3-11(4-2)8-9-5-6-10(11)7-9;1-3-7-8(4-2)10-6-5-9(7)11-10;1-2-9-7-8-3-5-10(9)6-4-8;1-2-8-5-7-3-4-9(8)6-7;1-2-6-5-7-3-4-8(6)9-7/h5,7,10-11H,3-4,6,8-9H2,1-2H3;5-6,9-10H,3-4,7-8H2,1-2H3;5-10H,3-4H2,1-2H3;3,5,8-10H,2,4,6-7H2,1H3;3-4,7-9H,2,5-6H2,1H3;3-4,6-8H,2,5H2,1H3. The van der Waals surface area contributed by atoms with Crippen molar-refractivity contribution in [3.05, 3.63) is 72.9 Å². The third-order valence-electron chi connectivity index (χ3n) is 20.1. The molecule has 0 radical (unpaired) electrons. The van der Waals surface area contributed by atoms with Gasteiger partial charge in [-0.15, -0.1) is 0 Å². The minimum absolute atomic E-state index is 0.454. The highest BCUT2D eigenvalue weighted by Crippen LogP contribution is 2.56. The zero-order valence-corrected chi connectivity index (χ0v) is 41.7. The molecule has 0 aromatic rings. The van der Waals surface area contributed by atoms with E-state index < -0.39 is 0 Å². The zero-order chi connectivity index (χ0) is 43.9. The highest BCUT2D eigenvalue weighted by Gasteiger charge is 2.46. The van der Waals surface area contributed by atoms with Crippen LogP contribution in [-0.2, 0) is 9.47 Å². The molecular weight excluding hydrogens is 753 g/mol. The summed E-state index contributed by atoms with van der Waals surface area (Å²) in [4.78, 5) is 0. The van der Waals surface area contributed by atoms with Crippen molar-refractivity contribution in [3.8, 4) is 0 Å². The molecule has 14 aliphatic rings. The average Bonchev–Trinajstić information content (AvgIpc) is 4.23. The van der Waals surface area contributed by atoms with Crippen LogP contribution in [0.4, 0.5) is 0 Å². The number of rotatable bonds is 9. The van der Waals surface area contributed by atoms with Gasteiger partial charge in [0.25, 0.3) is 0 Å². The Bertz CT molecular complexity index is 1500. The Morgan fingerprint density at radius 3 is 1.21 bits per heavy atom. The van der Waals surface area contributed by atoms with E-state index in [9.17, 15) is 0 Å². The van der Waals surface area contributed by atoms with Crippen LogP contribution in [0.15, 0.2) is 72.9 Å². The van der Waals surface area contributed by atoms with E-state index in [0.29, 0.717) is 35.2 Å². The lowest BCUT2D eigenvalue weighted by atomic mass is 9.57. The van der Waals surface area contributed by atoms with Crippen molar-refractivity contribution < 1.29 is 9.47 Å². The van der Waals surface area contributed by atoms with E-state index in [1.807, 2.05) is 0 Å². The third-order valence-corrected chi connectivity index (χ3v) is 20.1. The van der Waals surface area contributed by atoms with Gasteiger partial charge >= 0.3 is 0 Å². The molecule has 17 atom stereocenters. The van der Waals surface area contributed by atoms with Crippen molar-refractivity contribution in [3.63, 3.8) is 0 Å². The Labute approximate surface area is 383 Å². The van der Waals surface area contributed by atoms with Gasteiger partial charge in [-0.05, 0) is 184 Å². The van der Waals surface area contributed by atoms with Gasteiger partial charge in [0.15, 0.2) is 0 Å². The first-order valence-electron chi connectivity index (χ1n) is 27.6. The van der Waals surface area contributed by atoms with Crippen LogP contribution in [-0.4, -0.2) is 24.4 Å². The van der Waals surface area contributed by atoms with Gasteiger partial charge in [0.1, 0.15) is 0 Å². The van der Waals surface area contributed by atoms with Crippen LogP contribution in [0.3, 0.4) is 0 Å². The first-order chi connectivity index (χ1) is 30.2. The molecule has 2 heteroatoms. The Morgan fingerprint density at radius 2 is 0.903 bits per heavy atom. The molecule has 0 N–H and O–H groups in total. The molecule has 2 nitrogen and oxygen atoms in total. The lowest BCUT2D eigenvalue weighted by Gasteiger charge is -2.48. The summed E-state index contributed by atoms with van der Waals surface area (Å²) in [5.74, 6) is 12.1. The van der Waals surface area contributed by atoms with E-state index in [-0.39, 0.29) is 0 Å². The molecule has 4 heterocycles. The average molecular weight is 849 g/mol. The van der Waals surface area contributed by atoms with Crippen molar-refractivity contribution in [2.45, 2.75) is 215 Å². The molecule has 0 spiro atoms. The molecule has 4 saturated carbocycles. The maximum absolute atomic E-state index is 5.77. The fourth-order valence-corrected chi connectivity index (χ4v) is 15.6. The van der Waals surface area contributed by atoms with Crippen LogP contribution in [0.1, 0.15) is 191 Å². The van der Waals surface area contributed by atoms with Crippen molar-refractivity contribution in [2.75, 3.05) is 0 Å². The Morgan fingerprint density at radius 1 is 0.371 bits per heavy atom. The van der Waals surface area contributed by atoms with Gasteiger partial charge < -0.3 is 9.47 Å². The summed E-state index contributed by atoms with van der Waals surface area (Å²) in [5, 5.41) is 0. The minimum atomic E-state index is 0.454. The Balaban J connectivity index is 0.000000112. The van der Waals surface area contributed by atoms with Crippen LogP contribution < -0.4 is 0 Å². The van der Waals surface area contributed by atoms with E-state index in [1.165, 1.54) is 128 Å². The second-order valence-corrected chi connectivity index (χ2v) is 22.6. The van der Waals surface area contributed by atoms with Gasteiger partial charge in [-0.2, -0.15) is 0 Å². The first-order valence-corrected chi connectivity index (χ1v) is 27.6. The second kappa shape index (κ2) is 22.2. The van der Waals surface area contributed by atoms with Crippen molar-refractivity contribution >= 4 is 0 Å². The van der Waals surface area contributed by atoms with Crippen molar-refractivity contribution in [1.82, 2.24) is 0 Å². The Hall–Kier alpha value is -1.64. The molecule has 12 bridgehead atoms. The highest BCUT2D eigenvalue weighted by molar-refractivity contribution is 5.16. The normalized spacial score (nSPS) is 43.0. The van der Waals surface area contributed by atoms with E-state index in [2.05, 4.69) is 135 Å². The first kappa shape index (κ1) is 48.3. The van der Waals surface area contributed by atoms with E-state index in [4.69, 9.17) is 9.47 Å². The number of hydrogen-bond donors (Lipinski definition) is 0. The van der Waals surface area contributed by atoms with Crippen LogP contribution in [0.5, 0.6) is 0 Å². The lowest BCUT2D eigenvalue weighted by Crippen LogP contribution is -2.37. The van der Waals surface area contributed by atoms with Crippen LogP contribution in [0.2, 0.25) is 0 Å². The maximum Gasteiger partial charge on any atom is 0.0796 e. The number of allylic oxidation sites excluding steroid dienone is 8. The Kier molecular flexibility index (Phi) is 17.3. The molecular formula is C60H96O2. The zero-order valence-electron chi connectivity index (χ0n) is 41.7. The van der Waals surface area contributed by atoms with Gasteiger partial charge in [0.05, 0.1) is 24.4 Å². The summed E-state index contributed by atoms with van der Waals surface area (Å²) in [7, 11) is 0. The summed E-state index contributed by atoms with van der Waals surface area (Å²) >= 11 is 0. The van der Waals surface area contributed by atoms with E-state index >= 15 is 0 Å². The van der Waals surface area contributed by atoms with Crippen molar-refractivity contribution in [2.24, 2.45) is 87.8 Å². The van der Waals surface area contributed by atoms with E-state index in [1.54, 1.807) is 0 Å². The second-order valence-electron chi connectivity index (χ2n) is 22.6. The molecule has 6 fully saturated rings. The molecule has 348 valence electrons. The van der Waals surface area contributed by atoms with Gasteiger partial charge in [0, 0.05) is 0 Å². The lowest BCUT2D eigenvalue weighted by molar-refractivity contribution is 0.0776. The molecule has 62 heavy (non-hydrogen) atoms. The predicted molar refractivity (Wildman–Crippen MR) is 266 cm³/mol. The summed E-state index contributed by atoms with van der Waals surface area (Å²) in [6.07, 6.45) is 58.5. The van der Waals surface area contributed by atoms with Gasteiger partial charge in [-0.25, -0.2) is 0 Å². The minimum Gasteiger partial charge on any atom is -0.367 e. The molecule has 10 aliphatic carbocycles. The smallest absolute Gasteiger partial charge is 0.0796 e. The quantitative estimate of drug-likeness (QED) is 0.215. The molecule has 17 unspecified atom stereocenters. The molecule has 0 amide bonds. The topological polar surface area (TPSA) is 18.5 Å². The fourth-order valence-electron chi connectivity index (χ4n) is 15.6. The largest absolute Gasteiger partial charge is 0.367 e.